The quantitative estimate of drug-likeness (QED) is 0.193. The molecule has 2 aliphatic carbocycles. The molecule has 51 heavy (non-hydrogen) atoms. The van der Waals surface area contributed by atoms with Gasteiger partial charge in [-0.2, -0.15) is 0 Å². The summed E-state index contributed by atoms with van der Waals surface area (Å²) in [5.41, 5.74) is -6.31. The fourth-order valence-corrected chi connectivity index (χ4v) is 7.50. The summed E-state index contributed by atoms with van der Waals surface area (Å²) in [7, 11) is 0. The Morgan fingerprint density at radius 1 is 0.804 bits per heavy atom. The first kappa shape index (κ1) is 37.5. The van der Waals surface area contributed by atoms with E-state index in [2.05, 4.69) is 6.58 Å². The third-order valence-corrected chi connectivity index (χ3v) is 10.0. The van der Waals surface area contributed by atoms with Crippen LogP contribution in [-0.2, 0) is 42.9 Å². The lowest BCUT2D eigenvalue weighted by Gasteiger charge is -2.42. The van der Waals surface area contributed by atoms with Gasteiger partial charge in [0, 0.05) is 31.8 Å². The summed E-state index contributed by atoms with van der Waals surface area (Å²) < 4.78 is 29.3. The number of ether oxygens (including phenoxy) is 5. The summed E-state index contributed by atoms with van der Waals surface area (Å²) in [4.78, 5) is 82.0. The molecule has 3 fully saturated rings. The number of carbonyl (C=O) groups excluding carboxylic acids is 6. The van der Waals surface area contributed by atoms with Crippen LogP contribution in [-0.4, -0.2) is 93.5 Å². The van der Waals surface area contributed by atoms with Gasteiger partial charge in [0.15, 0.2) is 29.4 Å². The number of Topliss-reactive ketones (excluding diaryl/α,β-unsaturated/α-hetero) is 2. The number of benzene rings is 2. The summed E-state index contributed by atoms with van der Waals surface area (Å²) in [6.45, 7) is 11.9. The van der Waals surface area contributed by atoms with Gasteiger partial charge in [-0.25, -0.2) is 9.59 Å². The highest BCUT2D eigenvalue weighted by Gasteiger charge is 2.72. The molecule has 1 heterocycles. The van der Waals surface area contributed by atoms with Crippen molar-refractivity contribution in [3.05, 3.63) is 83.9 Å². The molecule has 0 amide bonds. The lowest BCUT2D eigenvalue weighted by atomic mass is 9.70. The van der Waals surface area contributed by atoms with Crippen molar-refractivity contribution in [2.45, 2.75) is 95.8 Å². The average molecular weight is 707 g/mol. The van der Waals surface area contributed by atoms with Crippen molar-refractivity contribution in [1.29, 1.82) is 0 Å². The molecule has 13 nitrogen and oxygen atoms in total. The molecule has 3 aliphatic rings. The number of esters is 4. The Morgan fingerprint density at radius 2 is 1.31 bits per heavy atom. The van der Waals surface area contributed by atoms with Crippen LogP contribution in [0.1, 0.15) is 68.7 Å². The van der Waals surface area contributed by atoms with Crippen LogP contribution < -0.4 is 0 Å². The number of ketones is 2. The van der Waals surface area contributed by atoms with Crippen LogP contribution in [0.2, 0.25) is 0 Å². The van der Waals surface area contributed by atoms with Gasteiger partial charge >= 0.3 is 23.9 Å². The molecule has 0 unspecified atom stereocenters. The Hall–Kier alpha value is -4.72. The number of aliphatic hydroxyl groups excluding tert-OH is 1. The molecule has 10 atom stereocenters. The molecule has 2 saturated carbocycles. The summed E-state index contributed by atoms with van der Waals surface area (Å²) in [5, 5.41) is 23.7. The van der Waals surface area contributed by atoms with Gasteiger partial charge in [-0.05, 0) is 31.2 Å². The molecule has 1 saturated heterocycles. The molecular weight excluding hydrogens is 664 g/mol. The summed E-state index contributed by atoms with van der Waals surface area (Å²) >= 11 is 0. The molecule has 2 aromatic rings. The largest absolute Gasteiger partial charge is 0.459 e. The van der Waals surface area contributed by atoms with Gasteiger partial charge in [-0.3, -0.25) is 19.2 Å². The number of aliphatic hydroxyl groups is 2. The van der Waals surface area contributed by atoms with E-state index in [1.807, 2.05) is 0 Å². The van der Waals surface area contributed by atoms with Crippen molar-refractivity contribution < 1.29 is 62.7 Å². The molecule has 0 spiro atoms. The first-order chi connectivity index (χ1) is 23.8. The predicted octanol–water partition coefficient (Wildman–Crippen LogP) is 2.94. The smallest absolute Gasteiger partial charge is 0.338 e. The van der Waals surface area contributed by atoms with Crippen LogP contribution in [0, 0.1) is 17.3 Å². The minimum absolute atomic E-state index is 0.0211. The Labute approximate surface area is 294 Å². The van der Waals surface area contributed by atoms with E-state index < -0.39 is 113 Å². The molecule has 1 aliphatic heterocycles. The highest BCUT2D eigenvalue weighted by atomic mass is 16.6. The van der Waals surface area contributed by atoms with Crippen LogP contribution >= 0.6 is 0 Å². The van der Waals surface area contributed by atoms with Crippen molar-refractivity contribution in [1.82, 2.24) is 0 Å². The van der Waals surface area contributed by atoms with Gasteiger partial charge in [-0.15, -0.1) is 0 Å². The van der Waals surface area contributed by atoms with E-state index in [1.54, 1.807) is 36.4 Å². The summed E-state index contributed by atoms with van der Waals surface area (Å²) in [6, 6.07) is 15.3. The fraction of sp³-hybridized carbons (Fsp3) is 0.474. The van der Waals surface area contributed by atoms with E-state index in [0.717, 1.165) is 13.8 Å². The van der Waals surface area contributed by atoms with Gasteiger partial charge in [0.25, 0.3) is 0 Å². The lowest BCUT2D eigenvalue weighted by Crippen LogP contribution is -2.59. The highest BCUT2D eigenvalue weighted by Crippen LogP contribution is 2.54. The van der Waals surface area contributed by atoms with E-state index in [1.165, 1.54) is 52.0 Å². The second kappa shape index (κ2) is 13.8. The maximum atomic E-state index is 14.9. The van der Waals surface area contributed by atoms with Crippen molar-refractivity contribution in [2.24, 2.45) is 17.3 Å². The molecule has 5 rings (SSSR count). The number of hydrogen-bond donors (Lipinski definition) is 2. The number of rotatable bonds is 6. The summed E-state index contributed by atoms with van der Waals surface area (Å²) in [5.74, 6) is -8.31. The highest BCUT2D eigenvalue weighted by molar-refractivity contribution is 5.96. The monoisotopic (exact) mass is 706 g/mol. The zero-order chi connectivity index (χ0) is 37.6. The number of epoxide rings is 1. The van der Waals surface area contributed by atoms with Crippen LogP contribution in [0.15, 0.2) is 72.8 Å². The van der Waals surface area contributed by atoms with Gasteiger partial charge in [0.2, 0.25) is 0 Å². The van der Waals surface area contributed by atoms with Crippen molar-refractivity contribution in [2.75, 3.05) is 0 Å². The number of fused-ring (bicyclic) bond motifs is 2. The van der Waals surface area contributed by atoms with Gasteiger partial charge < -0.3 is 33.9 Å². The second-order valence-corrected chi connectivity index (χ2v) is 14.2. The van der Waals surface area contributed by atoms with Gasteiger partial charge in [-0.1, -0.05) is 63.7 Å². The number of hydrogen-bond acceptors (Lipinski definition) is 13. The standard InChI is InChI=1S/C38H42O13/c1-19-27(49-34(44)23-14-10-8-11-15-23)25-32(47-21(3)39)37(7,46)18-38(25,51-22(4)40)30(42)20(2)29-33(48-29)36(5,6)31(43)26(41)28(19)50-35(45)24-16-12-9-13-17-24/h8-17,20,25-29,32-33,41,46H,1,18H2,2-7H3/t20-,25+,26+,27-,28-,29-,32+,33+,37+,38+/m0/s1. The third kappa shape index (κ3) is 6.97. The Bertz CT molecular complexity index is 1730. The van der Waals surface area contributed by atoms with Gasteiger partial charge in [0.1, 0.15) is 17.8 Å². The minimum atomic E-state index is -2.37. The van der Waals surface area contributed by atoms with E-state index in [-0.39, 0.29) is 11.1 Å². The topological polar surface area (TPSA) is 192 Å². The lowest BCUT2D eigenvalue weighted by molar-refractivity contribution is -0.183. The van der Waals surface area contributed by atoms with E-state index in [4.69, 9.17) is 23.7 Å². The number of carbonyl (C=O) groups is 6. The Kier molecular flexibility index (Phi) is 10.1. The second-order valence-electron chi connectivity index (χ2n) is 14.2. The molecule has 2 aromatic carbocycles. The first-order valence-electron chi connectivity index (χ1n) is 16.6. The molecule has 2 N–H and O–H groups in total. The molecule has 272 valence electrons. The van der Waals surface area contributed by atoms with Crippen molar-refractivity contribution in [3.8, 4) is 0 Å². The molecule has 0 radical (unpaired) electrons. The summed E-state index contributed by atoms with van der Waals surface area (Å²) in [6.07, 6.45) is -10.2. The van der Waals surface area contributed by atoms with Gasteiger partial charge in [0.05, 0.1) is 34.7 Å². The van der Waals surface area contributed by atoms with E-state index in [9.17, 15) is 39.0 Å². The minimum Gasteiger partial charge on any atom is -0.459 e. The Balaban J connectivity index is 1.79. The van der Waals surface area contributed by atoms with E-state index in [0.29, 0.717) is 0 Å². The van der Waals surface area contributed by atoms with Crippen molar-refractivity contribution in [3.63, 3.8) is 0 Å². The van der Waals surface area contributed by atoms with Crippen molar-refractivity contribution >= 4 is 35.4 Å². The maximum Gasteiger partial charge on any atom is 0.338 e. The Morgan fingerprint density at radius 3 is 1.80 bits per heavy atom. The van der Waals surface area contributed by atoms with Crippen LogP contribution in [0.25, 0.3) is 0 Å². The van der Waals surface area contributed by atoms with Crippen LogP contribution in [0.3, 0.4) is 0 Å². The zero-order valence-corrected chi connectivity index (χ0v) is 29.2. The maximum absolute atomic E-state index is 14.9. The molecular formula is C38H42O13. The fourth-order valence-electron chi connectivity index (χ4n) is 7.50. The van der Waals surface area contributed by atoms with Crippen LogP contribution in [0.5, 0.6) is 0 Å². The molecule has 0 bridgehead atoms. The zero-order valence-electron chi connectivity index (χ0n) is 29.2. The van der Waals surface area contributed by atoms with E-state index >= 15 is 0 Å². The average Bonchev–Trinajstić information content (AvgIpc) is 3.86. The normalized spacial score (nSPS) is 34.5. The SMILES string of the molecule is C=C1[C@H](OC(=O)c2ccccc2)[C@@H]2[C@@H](OC(C)=O)[C@](C)(O)C[C@]2(OC(C)=O)C(=O)[C@@H](C)[C@@H]2O[C@H]2C(C)(C)C(=O)[C@H](O)[C@H]1OC(=O)c1ccccc1. The predicted molar refractivity (Wildman–Crippen MR) is 177 cm³/mol. The molecule has 0 aromatic heterocycles. The first-order valence-corrected chi connectivity index (χ1v) is 16.6. The van der Waals surface area contributed by atoms with Crippen LogP contribution in [0.4, 0.5) is 0 Å². The molecule has 13 heteroatoms. The third-order valence-electron chi connectivity index (χ3n) is 10.0.